The lowest BCUT2D eigenvalue weighted by atomic mass is 9.92. The summed E-state index contributed by atoms with van der Waals surface area (Å²) in [6.45, 7) is 0. The van der Waals surface area contributed by atoms with E-state index in [1.165, 1.54) is 29.7 Å². The molecule has 2 heterocycles. The molecule has 3 heteroatoms. The Kier molecular flexibility index (Phi) is 1.85. The van der Waals surface area contributed by atoms with Crippen molar-refractivity contribution in [2.75, 3.05) is 0 Å². The van der Waals surface area contributed by atoms with Crippen LogP contribution in [0, 0.1) is 10.8 Å². The highest BCUT2D eigenvalue weighted by molar-refractivity contribution is 5.71. The lowest BCUT2D eigenvalue weighted by Gasteiger charge is -2.18. The molecule has 1 fully saturated rings. The fourth-order valence-corrected chi connectivity index (χ4v) is 3.09. The monoisotopic (exact) mass is 237 g/mol. The molecule has 0 spiro atoms. The van der Waals surface area contributed by atoms with Crippen LogP contribution in [0.15, 0.2) is 36.8 Å². The summed E-state index contributed by atoms with van der Waals surface area (Å²) in [7, 11) is 0. The van der Waals surface area contributed by atoms with Gasteiger partial charge >= 0.3 is 0 Å². The zero-order valence-corrected chi connectivity index (χ0v) is 10.1. The number of nitrogens with zero attached hydrogens (tertiary/aromatic N) is 2. The largest absolute Gasteiger partial charge is 0.323 e. The average molecular weight is 237 g/mol. The Bertz CT molecular complexity index is 622. The first kappa shape index (κ1) is 10.1. The van der Waals surface area contributed by atoms with Gasteiger partial charge in [0.05, 0.1) is 24.3 Å². The summed E-state index contributed by atoms with van der Waals surface area (Å²) in [4.78, 5) is 4.28. The first-order valence-corrected chi connectivity index (χ1v) is 6.46. The second-order valence-electron chi connectivity index (χ2n) is 5.50. The molecule has 1 aromatic carbocycles. The molecule has 0 saturated heterocycles. The van der Waals surface area contributed by atoms with Gasteiger partial charge in [-0.3, -0.25) is 0 Å². The summed E-state index contributed by atoms with van der Waals surface area (Å²) in [5.41, 5.74) is 4.07. The minimum Gasteiger partial charge on any atom is -0.323 e. The Morgan fingerprint density at radius 3 is 3.00 bits per heavy atom. The summed E-state index contributed by atoms with van der Waals surface area (Å²) in [6.07, 6.45) is 8.91. The number of benzene rings is 1. The summed E-state index contributed by atoms with van der Waals surface area (Å²) in [5, 5.41) is 7.61. The van der Waals surface area contributed by atoms with E-state index in [0.717, 1.165) is 6.42 Å². The van der Waals surface area contributed by atoms with Crippen LogP contribution in [0.2, 0.25) is 0 Å². The van der Waals surface area contributed by atoms with Gasteiger partial charge in [0.2, 0.25) is 0 Å². The molecule has 0 radical (unpaired) electrons. The molecule has 90 valence electrons. The Hall–Kier alpha value is -1.90. The fourth-order valence-electron chi connectivity index (χ4n) is 3.09. The summed E-state index contributed by atoms with van der Waals surface area (Å²) >= 11 is 0. The molecule has 0 bridgehead atoms. The lowest BCUT2D eigenvalue weighted by molar-refractivity contribution is 0.483. The van der Waals surface area contributed by atoms with Crippen molar-refractivity contribution in [3.05, 3.63) is 42.4 Å². The van der Waals surface area contributed by atoms with Crippen LogP contribution in [0.4, 0.5) is 0 Å². The molecule has 1 saturated carbocycles. The van der Waals surface area contributed by atoms with E-state index in [1.807, 2.05) is 12.5 Å². The third kappa shape index (κ3) is 1.24. The van der Waals surface area contributed by atoms with E-state index in [1.54, 1.807) is 6.21 Å². The van der Waals surface area contributed by atoms with Crippen molar-refractivity contribution in [1.29, 1.82) is 5.41 Å². The van der Waals surface area contributed by atoms with Crippen LogP contribution in [0.3, 0.4) is 0 Å². The average Bonchev–Trinajstić information content (AvgIpc) is 2.91. The lowest BCUT2D eigenvalue weighted by Crippen LogP contribution is -2.13. The number of hydrogen-bond acceptors (Lipinski definition) is 2. The molecule has 1 atom stereocenters. The molecule has 1 aliphatic heterocycles. The van der Waals surface area contributed by atoms with Crippen molar-refractivity contribution >= 4 is 6.21 Å². The van der Waals surface area contributed by atoms with E-state index in [2.05, 4.69) is 33.8 Å². The second-order valence-corrected chi connectivity index (χ2v) is 5.50. The number of hydrogen-bond donors (Lipinski definition) is 1. The van der Waals surface area contributed by atoms with E-state index in [-0.39, 0.29) is 5.41 Å². The Labute approximate surface area is 106 Å². The van der Waals surface area contributed by atoms with E-state index in [0.29, 0.717) is 6.04 Å². The van der Waals surface area contributed by atoms with Gasteiger partial charge in [-0.15, -0.1) is 0 Å². The highest BCUT2D eigenvalue weighted by Crippen LogP contribution is 2.53. The summed E-state index contributed by atoms with van der Waals surface area (Å²) in [5.74, 6) is 0. The van der Waals surface area contributed by atoms with Crippen LogP contribution >= 0.6 is 0 Å². The van der Waals surface area contributed by atoms with Crippen LogP contribution < -0.4 is 0 Å². The van der Waals surface area contributed by atoms with Crippen LogP contribution in [0.5, 0.6) is 0 Å². The number of fused-ring (bicyclic) bond motifs is 3. The molecule has 4 rings (SSSR count). The molecule has 18 heavy (non-hydrogen) atoms. The molecular formula is C15H15N3. The van der Waals surface area contributed by atoms with Crippen molar-refractivity contribution < 1.29 is 0 Å². The molecule has 1 N–H and O–H groups in total. The van der Waals surface area contributed by atoms with Crippen molar-refractivity contribution in [3.63, 3.8) is 0 Å². The van der Waals surface area contributed by atoms with Crippen molar-refractivity contribution in [2.24, 2.45) is 5.41 Å². The Morgan fingerprint density at radius 1 is 1.39 bits per heavy atom. The van der Waals surface area contributed by atoms with Gasteiger partial charge in [0.1, 0.15) is 0 Å². The molecule has 2 aliphatic rings. The number of imidazole rings is 1. The van der Waals surface area contributed by atoms with Crippen LogP contribution in [-0.4, -0.2) is 15.8 Å². The first-order chi connectivity index (χ1) is 8.83. The minimum atomic E-state index is 0.156. The molecule has 1 aromatic heterocycles. The summed E-state index contributed by atoms with van der Waals surface area (Å²) < 4.78 is 2.27. The number of aromatic nitrogens is 2. The van der Waals surface area contributed by atoms with Crippen molar-refractivity contribution in [2.45, 2.75) is 25.3 Å². The Morgan fingerprint density at radius 2 is 2.22 bits per heavy atom. The highest BCUT2D eigenvalue weighted by Gasteiger charge is 2.44. The maximum absolute atomic E-state index is 7.61. The van der Waals surface area contributed by atoms with Gasteiger partial charge < -0.3 is 9.98 Å². The predicted molar refractivity (Wildman–Crippen MR) is 70.9 cm³/mol. The smallest absolute Gasteiger partial charge is 0.0956 e. The highest BCUT2D eigenvalue weighted by atomic mass is 15.1. The number of rotatable bonds is 3. The maximum Gasteiger partial charge on any atom is 0.0956 e. The van der Waals surface area contributed by atoms with Gasteiger partial charge in [0.15, 0.2) is 0 Å². The standard InChI is InChI=1S/C15H15N3/c16-9-15(5-6-15)7-13-11-3-1-2-4-12(11)14-8-17-10-18(13)14/h1-4,8-10,13,16H,5-7H2. The SMILES string of the molecule is N=CC1(CC2c3ccccc3-c3cncn32)CC1. The van der Waals surface area contributed by atoms with Gasteiger partial charge in [-0.1, -0.05) is 24.3 Å². The Balaban J connectivity index is 1.82. The van der Waals surface area contributed by atoms with E-state index in [9.17, 15) is 0 Å². The normalized spacial score (nSPS) is 22.3. The fraction of sp³-hybridized carbons (Fsp3) is 0.333. The zero-order valence-electron chi connectivity index (χ0n) is 10.1. The van der Waals surface area contributed by atoms with Gasteiger partial charge in [-0.2, -0.15) is 0 Å². The molecule has 1 unspecified atom stereocenters. The van der Waals surface area contributed by atoms with Crippen LogP contribution in [0.25, 0.3) is 11.3 Å². The van der Waals surface area contributed by atoms with E-state index < -0.39 is 0 Å². The molecule has 2 aromatic rings. The molecular weight excluding hydrogens is 222 g/mol. The maximum atomic E-state index is 7.61. The third-order valence-corrected chi connectivity index (χ3v) is 4.40. The van der Waals surface area contributed by atoms with Gasteiger partial charge in [-0.25, -0.2) is 4.98 Å². The molecule has 1 aliphatic carbocycles. The van der Waals surface area contributed by atoms with Crippen molar-refractivity contribution in [3.8, 4) is 11.3 Å². The third-order valence-electron chi connectivity index (χ3n) is 4.40. The van der Waals surface area contributed by atoms with Crippen LogP contribution in [0.1, 0.15) is 30.9 Å². The van der Waals surface area contributed by atoms with Gasteiger partial charge in [0, 0.05) is 17.2 Å². The zero-order chi connectivity index (χ0) is 12.2. The molecule has 0 amide bonds. The van der Waals surface area contributed by atoms with E-state index >= 15 is 0 Å². The minimum absolute atomic E-state index is 0.156. The van der Waals surface area contributed by atoms with E-state index in [4.69, 9.17) is 5.41 Å². The number of nitrogens with one attached hydrogen (secondary N) is 1. The van der Waals surface area contributed by atoms with Crippen LogP contribution in [-0.2, 0) is 0 Å². The summed E-state index contributed by atoms with van der Waals surface area (Å²) in [6, 6.07) is 8.94. The topological polar surface area (TPSA) is 41.7 Å². The van der Waals surface area contributed by atoms with Gasteiger partial charge in [-0.05, 0) is 24.8 Å². The van der Waals surface area contributed by atoms with Crippen molar-refractivity contribution in [1.82, 2.24) is 9.55 Å². The first-order valence-electron chi connectivity index (χ1n) is 6.46. The predicted octanol–water partition coefficient (Wildman–Crippen LogP) is 3.27. The van der Waals surface area contributed by atoms with Gasteiger partial charge in [0.25, 0.3) is 0 Å². The molecule has 3 nitrogen and oxygen atoms in total. The quantitative estimate of drug-likeness (QED) is 0.818. The second kappa shape index (κ2) is 3.31.